The van der Waals surface area contributed by atoms with Crippen molar-refractivity contribution >= 4 is 0 Å². The van der Waals surface area contributed by atoms with Gasteiger partial charge in [-0.1, -0.05) is 6.92 Å². The number of hydrogen-bond acceptors (Lipinski definition) is 4. The minimum Gasteiger partial charge on any atom is -0.346 e. The van der Waals surface area contributed by atoms with Crippen molar-refractivity contribution in [1.29, 1.82) is 0 Å². The van der Waals surface area contributed by atoms with Crippen molar-refractivity contribution in [1.82, 2.24) is 0 Å². The number of fused-ring (bicyclic) bond motifs is 1. The molecule has 4 atom stereocenters. The van der Waals surface area contributed by atoms with E-state index in [1.54, 1.807) is 6.92 Å². The SMILES string of the molecule is CCO[C@]1(C)O[C@@H]2O[C@@H](CC)CC[C@H]2O1. The van der Waals surface area contributed by atoms with Gasteiger partial charge in [-0.05, 0) is 26.2 Å². The van der Waals surface area contributed by atoms with Crippen LogP contribution in [0.15, 0.2) is 0 Å². The van der Waals surface area contributed by atoms with Crippen molar-refractivity contribution in [3.63, 3.8) is 0 Å². The van der Waals surface area contributed by atoms with E-state index in [1.807, 2.05) is 6.92 Å². The second-order valence-electron chi connectivity index (χ2n) is 4.18. The van der Waals surface area contributed by atoms with Gasteiger partial charge in [0.25, 0.3) is 5.97 Å². The molecule has 15 heavy (non-hydrogen) atoms. The van der Waals surface area contributed by atoms with Crippen LogP contribution in [0.4, 0.5) is 0 Å². The molecule has 0 N–H and O–H groups in total. The van der Waals surface area contributed by atoms with E-state index in [4.69, 9.17) is 18.9 Å². The quantitative estimate of drug-likeness (QED) is 0.723. The summed E-state index contributed by atoms with van der Waals surface area (Å²) in [6, 6.07) is 0. The standard InChI is InChI=1S/C11H20O4/c1-4-8-6-7-9-10(13-8)15-11(3,14-9)12-5-2/h8-10H,4-7H2,1-3H3/t8-,9+,10-,11-/m0/s1. The number of rotatable bonds is 3. The van der Waals surface area contributed by atoms with E-state index in [0.717, 1.165) is 19.3 Å². The van der Waals surface area contributed by atoms with Crippen LogP contribution in [0, 0.1) is 0 Å². The Morgan fingerprint density at radius 2 is 2.07 bits per heavy atom. The summed E-state index contributed by atoms with van der Waals surface area (Å²) in [5.41, 5.74) is 0. The molecule has 2 saturated heterocycles. The minimum absolute atomic E-state index is 0.0318. The highest BCUT2D eigenvalue weighted by molar-refractivity contribution is 4.80. The molecule has 88 valence electrons. The van der Waals surface area contributed by atoms with Gasteiger partial charge in [-0.2, -0.15) is 0 Å². The smallest absolute Gasteiger partial charge is 0.282 e. The molecule has 2 fully saturated rings. The van der Waals surface area contributed by atoms with Crippen LogP contribution < -0.4 is 0 Å². The van der Waals surface area contributed by atoms with Crippen molar-refractivity contribution < 1.29 is 18.9 Å². The van der Waals surface area contributed by atoms with Gasteiger partial charge in [-0.25, -0.2) is 0 Å². The van der Waals surface area contributed by atoms with E-state index >= 15 is 0 Å². The molecule has 2 rings (SSSR count). The maximum atomic E-state index is 5.77. The highest BCUT2D eigenvalue weighted by atomic mass is 16.9. The first-order valence-corrected chi connectivity index (χ1v) is 5.82. The summed E-state index contributed by atoms with van der Waals surface area (Å²) in [4.78, 5) is 0. The molecule has 0 aromatic rings. The molecule has 0 radical (unpaired) electrons. The number of hydrogen-bond donors (Lipinski definition) is 0. The normalized spacial score (nSPS) is 45.4. The van der Waals surface area contributed by atoms with Crippen LogP contribution in [0.5, 0.6) is 0 Å². The molecule has 0 aromatic carbocycles. The summed E-state index contributed by atoms with van der Waals surface area (Å²) in [5, 5.41) is 0. The Balaban J connectivity index is 1.95. The van der Waals surface area contributed by atoms with Gasteiger partial charge < -0.3 is 14.2 Å². The van der Waals surface area contributed by atoms with Crippen LogP contribution in [0.3, 0.4) is 0 Å². The highest BCUT2D eigenvalue weighted by Gasteiger charge is 2.48. The van der Waals surface area contributed by atoms with Gasteiger partial charge in [-0.15, -0.1) is 0 Å². The van der Waals surface area contributed by atoms with Crippen molar-refractivity contribution in [2.24, 2.45) is 0 Å². The van der Waals surface area contributed by atoms with Crippen LogP contribution in [0.2, 0.25) is 0 Å². The van der Waals surface area contributed by atoms with Crippen LogP contribution in [0.1, 0.15) is 40.0 Å². The van der Waals surface area contributed by atoms with Crippen LogP contribution in [-0.4, -0.2) is 31.1 Å². The molecule has 0 bridgehead atoms. The monoisotopic (exact) mass is 216 g/mol. The second-order valence-corrected chi connectivity index (χ2v) is 4.18. The molecule has 2 aliphatic rings. The molecule has 2 heterocycles. The zero-order chi connectivity index (χ0) is 10.9. The average Bonchev–Trinajstić information content (AvgIpc) is 2.53. The summed E-state index contributed by atoms with van der Waals surface area (Å²) in [6.07, 6.45) is 3.15. The molecular formula is C11H20O4. The molecule has 2 aliphatic heterocycles. The Morgan fingerprint density at radius 3 is 2.73 bits per heavy atom. The summed E-state index contributed by atoms with van der Waals surface area (Å²) >= 11 is 0. The maximum Gasteiger partial charge on any atom is 0.282 e. The first-order chi connectivity index (χ1) is 7.17. The van der Waals surface area contributed by atoms with Crippen molar-refractivity contribution in [2.75, 3.05) is 6.61 Å². The molecule has 0 amide bonds. The lowest BCUT2D eigenvalue weighted by molar-refractivity contribution is -0.341. The molecule has 4 nitrogen and oxygen atoms in total. The van der Waals surface area contributed by atoms with Gasteiger partial charge in [0.15, 0.2) is 6.29 Å². The number of ether oxygens (including phenoxy) is 4. The first kappa shape index (κ1) is 11.3. The van der Waals surface area contributed by atoms with Gasteiger partial charge in [0, 0.05) is 13.5 Å². The predicted octanol–water partition coefficient (Wildman–Crippen LogP) is 2.03. The van der Waals surface area contributed by atoms with Crippen molar-refractivity contribution in [2.45, 2.75) is 64.5 Å². The van der Waals surface area contributed by atoms with E-state index < -0.39 is 5.97 Å². The molecule has 4 heteroatoms. The van der Waals surface area contributed by atoms with Gasteiger partial charge in [-0.3, -0.25) is 4.74 Å². The van der Waals surface area contributed by atoms with Gasteiger partial charge >= 0.3 is 0 Å². The Bertz CT molecular complexity index is 221. The largest absolute Gasteiger partial charge is 0.346 e. The van der Waals surface area contributed by atoms with E-state index in [-0.39, 0.29) is 12.4 Å². The van der Waals surface area contributed by atoms with E-state index in [2.05, 4.69) is 6.92 Å². The van der Waals surface area contributed by atoms with Crippen molar-refractivity contribution in [3.8, 4) is 0 Å². The minimum atomic E-state index is -0.910. The average molecular weight is 216 g/mol. The fourth-order valence-electron chi connectivity index (χ4n) is 2.19. The van der Waals surface area contributed by atoms with Crippen molar-refractivity contribution in [3.05, 3.63) is 0 Å². The lowest BCUT2D eigenvalue weighted by Gasteiger charge is -2.28. The Kier molecular flexibility index (Phi) is 3.30. The topological polar surface area (TPSA) is 36.9 Å². The first-order valence-electron chi connectivity index (χ1n) is 5.82. The van der Waals surface area contributed by atoms with E-state index in [1.165, 1.54) is 0 Å². The molecular weight excluding hydrogens is 196 g/mol. The predicted molar refractivity (Wildman–Crippen MR) is 54.2 cm³/mol. The summed E-state index contributed by atoms with van der Waals surface area (Å²) in [5.74, 6) is -0.910. The summed E-state index contributed by atoms with van der Waals surface area (Å²) < 4.78 is 22.6. The molecule has 0 unspecified atom stereocenters. The highest BCUT2D eigenvalue weighted by Crippen LogP contribution is 2.37. The Morgan fingerprint density at radius 1 is 1.27 bits per heavy atom. The third-order valence-corrected chi connectivity index (χ3v) is 2.96. The lowest BCUT2D eigenvalue weighted by atomic mass is 10.0. The lowest BCUT2D eigenvalue weighted by Crippen LogP contribution is -2.36. The Labute approximate surface area is 90.8 Å². The summed E-state index contributed by atoms with van der Waals surface area (Å²) in [7, 11) is 0. The third kappa shape index (κ3) is 2.33. The van der Waals surface area contributed by atoms with E-state index in [0.29, 0.717) is 12.7 Å². The zero-order valence-corrected chi connectivity index (χ0v) is 9.69. The van der Waals surface area contributed by atoms with Crippen LogP contribution >= 0.6 is 0 Å². The van der Waals surface area contributed by atoms with Gasteiger partial charge in [0.2, 0.25) is 0 Å². The van der Waals surface area contributed by atoms with Crippen LogP contribution in [-0.2, 0) is 18.9 Å². The van der Waals surface area contributed by atoms with E-state index in [9.17, 15) is 0 Å². The summed E-state index contributed by atoms with van der Waals surface area (Å²) in [6.45, 7) is 6.43. The molecule has 0 aromatic heterocycles. The third-order valence-electron chi connectivity index (χ3n) is 2.96. The second kappa shape index (κ2) is 4.37. The fourth-order valence-corrected chi connectivity index (χ4v) is 2.19. The fraction of sp³-hybridized carbons (Fsp3) is 1.00. The molecule has 0 saturated carbocycles. The van der Waals surface area contributed by atoms with Gasteiger partial charge in [0.05, 0.1) is 6.10 Å². The molecule has 0 aliphatic carbocycles. The van der Waals surface area contributed by atoms with Crippen LogP contribution in [0.25, 0.3) is 0 Å². The van der Waals surface area contributed by atoms with Gasteiger partial charge in [0.1, 0.15) is 6.10 Å². The Hall–Kier alpha value is -0.160. The molecule has 0 spiro atoms. The zero-order valence-electron chi connectivity index (χ0n) is 9.69. The maximum absolute atomic E-state index is 5.77.